The van der Waals surface area contributed by atoms with Crippen molar-refractivity contribution in [3.05, 3.63) is 12.1 Å². The molecule has 0 radical (unpaired) electrons. The summed E-state index contributed by atoms with van der Waals surface area (Å²) < 4.78 is 4.61. The first-order chi connectivity index (χ1) is 12.0. The molecule has 0 spiro atoms. The Morgan fingerprint density at radius 1 is 0.731 bits per heavy atom. The van der Waals surface area contributed by atoms with Crippen molar-refractivity contribution in [2.24, 2.45) is 9.98 Å². The maximum atomic E-state index is 5.18. The predicted octanol–water partition coefficient (Wildman–Crippen LogP) is 1.22. The van der Waals surface area contributed by atoms with Crippen molar-refractivity contribution >= 4 is 74.7 Å². The van der Waals surface area contributed by atoms with Gasteiger partial charge in [-0.1, -0.05) is 0 Å². The van der Waals surface area contributed by atoms with Crippen LogP contribution in [0.25, 0.3) is 0 Å². The van der Waals surface area contributed by atoms with Gasteiger partial charge in [0.05, 0.1) is 0 Å². The number of aliphatic imine (C=N–C) groups is 2. The van der Waals surface area contributed by atoms with Crippen LogP contribution in [0.5, 0.6) is 0 Å². The van der Waals surface area contributed by atoms with Crippen molar-refractivity contribution < 1.29 is 0 Å². The summed E-state index contributed by atoms with van der Waals surface area (Å²) in [5.41, 5.74) is 0.680. The van der Waals surface area contributed by atoms with E-state index in [0.29, 0.717) is 0 Å². The van der Waals surface area contributed by atoms with Crippen LogP contribution in [-0.2, 0) is 0 Å². The summed E-state index contributed by atoms with van der Waals surface area (Å²) >= 11 is 7.07. The quantitative estimate of drug-likeness (QED) is 0.433. The summed E-state index contributed by atoms with van der Waals surface area (Å²) in [6, 6.07) is 4.39. The van der Waals surface area contributed by atoms with Crippen LogP contribution in [0, 0.1) is 0 Å². The minimum absolute atomic E-state index is 1.04. The Morgan fingerprint density at radius 2 is 1.23 bits per heavy atom. The second-order valence-corrected chi connectivity index (χ2v) is 19.5. The molecule has 2 aliphatic heterocycles. The molecule has 2 unspecified atom stereocenters. The first kappa shape index (κ1) is 20.7. The molecular formula is C16H26N6P2Se2. The third kappa shape index (κ3) is 2.66. The van der Waals surface area contributed by atoms with Gasteiger partial charge in [0.15, 0.2) is 0 Å². The van der Waals surface area contributed by atoms with Crippen LogP contribution >= 0.6 is 11.3 Å². The van der Waals surface area contributed by atoms with E-state index in [1.54, 1.807) is 0 Å². The number of hydrogen-bond acceptors (Lipinski definition) is 6. The van der Waals surface area contributed by atoms with Gasteiger partial charge in [-0.3, -0.25) is 0 Å². The van der Waals surface area contributed by atoms with Gasteiger partial charge >= 0.3 is 172 Å². The molecule has 2 heterocycles. The molecule has 1 aromatic carbocycles. The molecule has 26 heavy (non-hydrogen) atoms. The maximum absolute atomic E-state index is 5.18. The molecule has 6 nitrogen and oxygen atoms in total. The van der Waals surface area contributed by atoms with E-state index in [9.17, 15) is 0 Å². The molecule has 0 fully saturated rings. The molecule has 10 heteroatoms. The van der Waals surface area contributed by atoms with Crippen molar-refractivity contribution in [1.29, 1.82) is 0 Å². The Balaban J connectivity index is 2.38. The minimum atomic E-state index is -1.89. The molecule has 2 atom stereocenters. The fraction of sp³-hybridized carbons (Fsp3) is 0.500. The molecule has 0 N–H and O–H groups in total. The standard InChI is InChI=1S/C16H26N6P2Se2/c1-19(2)15-17-11-9-10-12-13(14(11)24(15,26)22(7)8)18-16(20(3)4)23(12,25)21(5)6/h9-10H,1-8H3. The van der Waals surface area contributed by atoms with Crippen molar-refractivity contribution in [1.82, 2.24) is 19.1 Å². The second kappa shape index (κ2) is 6.79. The number of rotatable bonds is 2. The fourth-order valence-corrected chi connectivity index (χ4v) is 13.2. The zero-order chi connectivity index (χ0) is 19.6. The van der Waals surface area contributed by atoms with E-state index in [2.05, 4.69) is 118 Å². The van der Waals surface area contributed by atoms with Crippen LogP contribution in [0.15, 0.2) is 22.1 Å². The van der Waals surface area contributed by atoms with Crippen molar-refractivity contribution in [2.75, 3.05) is 56.4 Å². The van der Waals surface area contributed by atoms with Gasteiger partial charge < -0.3 is 0 Å². The molecule has 1 aromatic rings. The van der Waals surface area contributed by atoms with Crippen LogP contribution in [0.1, 0.15) is 0 Å². The van der Waals surface area contributed by atoms with E-state index in [4.69, 9.17) is 9.98 Å². The second-order valence-electron chi connectivity index (χ2n) is 7.26. The van der Waals surface area contributed by atoms with E-state index >= 15 is 0 Å². The van der Waals surface area contributed by atoms with Crippen LogP contribution < -0.4 is 10.6 Å². The summed E-state index contributed by atoms with van der Waals surface area (Å²) in [7, 11) is 16.8. The molecule has 0 amide bonds. The molecular weight excluding hydrogens is 496 g/mol. The fourth-order valence-electron chi connectivity index (χ4n) is 3.37. The number of benzene rings is 1. The van der Waals surface area contributed by atoms with Crippen molar-refractivity contribution in [3.8, 4) is 0 Å². The summed E-state index contributed by atoms with van der Waals surface area (Å²) in [6.07, 6.45) is 0. The zero-order valence-electron chi connectivity index (χ0n) is 16.5. The van der Waals surface area contributed by atoms with Crippen LogP contribution in [-0.4, -0.2) is 117 Å². The van der Waals surface area contributed by atoms with E-state index in [1.165, 1.54) is 10.6 Å². The van der Waals surface area contributed by atoms with Gasteiger partial charge in [0, 0.05) is 0 Å². The van der Waals surface area contributed by atoms with Gasteiger partial charge in [0.2, 0.25) is 0 Å². The van der Waals surface area contributed by atoms with Gasteiger partial charge in [-0.25, -0.2) is 0 Å². The topological polar surface area (TPSA) is 37.7 Å². The van der Waals surface area contributed by atoms with E-state index < -0.39 is 11.3 Å². The predicted molar refractivity (Wildman–Crippen MR) is 120 cm³/mol. The van der Waals surface area contributed by atoms with E-state index in [0.717, 1.165) is 22.5 Å². The number of hydrogen-bond donors (Lipinski definition) is 0. The molecule has 3 rings (SSSR count). The van der Waals surface area contributed by atoms with Crippen molar-refractivity contribution in [3.63, 3.8) is 0 Å². The Morgan fingerprint density at radius 3 is 1.69 bits per heavy atom. The molecule has 0 saturated carbocycles. The Kier molecular flexibility index (Phi) is 5.41. The average molecular weight is 522 g/mol. The first-order valence-electron chi connectivity index (χ1n) is 8.24. The number of amidine groups is 2. The average Bonchev–Trinajstić information content (AvgIpc) is 3.02. The van der Waals surface area contributed by atoms with Crippen molar-refractivity contribution in [2.45, 2.75) is 0 Å². The third-order valence-electron chi connectivity index (χ3n) is 4.64. The molecule has 142 valence electrons. The summed E-state index contributed by atoms with van der Waals surface area (Å²) in [5.74, 6) is 0. The van der Waals surface area contributed by atoms with E-state index in [-0.39, 0.29) is 0 Å². The number of fused-ring (bicyclic) bond motifs is 3. The van der Waals surface area contributed by atoms with E-state index in [1.807, 2.05) is 0 Å². The van der Waals surface area contributed by atoms with Gasteiger partial charge in [0.25, 0.3) is 0 Å². The Bertz CT molecular complexity index is 933. The Hall–Kier alpha value is -0.0210. The SMILES string of the molecule is CN(C)C1=Nc2c(ccc3c2P(=[Se])(N(C)C)C(N(C)C)=N3)P1(=[Se])N(C)C. The number of nitrogens with zero attached hydrogens (tertiary/aromatic N) is 6. The first-order valence-corrected chi connectivity index (χ1v) is 16.2. The monoisotopic (exact) mass is 524 g/mol. The molecule has 0 aliphatic carbocycles. The van der Waals surface area contributed by atoms with Crippen LogP contribution in [0.2, 0.25) is 0 Å². The third-order valence-corrected chi connectivity index (χ3v) is 19.6. The molecule has 2 aliphatic rings. The summed E-state index contributed by atoms with van der Waals surface area (Å²) in [4.78, 5) is 14.4. The van der Waals surface area contributed by atoms with Gasteiger partial charge in [-0.05, 0) is 0 Å². The van der Waals surface area contributed by atoms with Gasteiger partial charge in [0.1, 0.15) is 0 Å². The molecule has 0 aromatic heterocycles. The summed E-state index contributed by atoms with van der Waals surface area (Å²) in [5, 5.41) is 2.57. The Labute approximate surface area is 171 Å². The molecule has 0 bridgehead atoms. The molecule has 0 saturated heterocycles. The zero-order valence-corrected chi connectivity index (χ0v) is 21.8. The normalized spacial score (nSPS) is 26.7. The summed E-state index contributed by atoms with van der Waals surface area (Å²) in [6.45, 7) is 0. The van der Waals surface area contributed by atoms with Gasteiger partial charge in [-0.15, -0.1) is 0 Å². The van der Waals surface area contributed by atoms with Gasteiger partial charge in [-0.2, -0.15) is 0 Å². The van der Waals surface area contributed by atoms with Crippen LogP contribution in [0.4, 0.5) is 11.4 Å². The van der Waals surface area contributed by atoms with Crippen LogP contribution in [0.3, 0.4) is 0 Å².